The zero-order chi connectivity index (χ0) is 16.6. The van der Waals surface area contributed by atoms with Crippen LogP contribution in [0.5, 0.6) is 0 Å². The molecule has 2 fully saturated rings. The first-order valence-electron chi connectivity index (χ1n) is 7.82. The summed E-state index contributed by atoms with van der Waals surface area (Å²) in [5.41, 5.74) is 1.08. The molecule has 2 aliphatic rings. The fraction of sp³-hybridized carbons (Fsp3) is 0.529. The zero-order valence-electron chi connectivity index (χ0n) is 13.0. The van der Waals surface area contributed by atoms with E-state index in [0.717, 1.165) is 12.0 Å². The van der Waals surface area contributed by atoms with Crippen LogP contribution in [0.1, 0.15) is 41.6 Å². The van der Waals surface area contributed by atoms with Gasteiger partial charge < -0.3 is 15.2 Å². The van der Waals surface area contributed by atoms with Crippen LogP contribution in [-0.4, -0.2) is 35.2 Å². The number of hydrogen-bond donors (Lipinski definition) is 2. The summed E-state index contributed by atoms with van der Waals surface area (Å²) in [4.78, 5) is 23.5. The first kappa shape index (κ1) is 16.3. The minimum absolute atomic E-state index is 0.00405. The molecule has 1 aliphatic carbocycles. The maximum atomic E-state index is 12.5. The number of carboxylic acid groups (broad SMARTS) is 1. The second-order valence-electron chi connectivity index (χ2n) is 6.60. The van der Waals surface area contributed by atoms with Gasteiger partial charge in [-0.25, -0.2) is 0 Å². The van der Waals surface area contributed by atoms with Gasteiger partial charge in [-0.2, -0.15) is 0 Å². The average Bonchev–Trinajstić information content (AvgIpc) is 2.47. The monoisotopic (exact) mass is 337 g/mol. The number of rotatable bonds is 3. The Hall–Kier alpha value is -1.59. The maximum absolute atomic E-state index is 12.5. The number of ether oxygens (including phenoxy) is 1. The SMILES string of the molecule is Cc1ccc(Cl)cc1C(=O)NC1CCOC2(C1)CC(C(=O)O)C2. The minimum Gasteiger partial charge on any atom is -0.481 e. The third-order valence-electron chi connectivity index (χ3n) is 4.86. The molecule has 0 radical (unpaired) electrons. The van der Waals surface area contributed by atoms with Gasteiger partial charge >= 0.3 is 5.97 Å². The molecular weight excluding hydrogens is 318 g/mol. The first-order valence-corrected chi connectivity index (χ1v) is 8.20. The summed E-state index contributed by atoms with van der Waals surface area (Å²) < 4.78 is 5.81. The smallest absolute Gasteiger partial charge is 0.306 e. The third kappa shape index (κ3) is 3.35. The number of benzene rings is 1. The predicted molar refractivity (Wildman–Crippen MR) is 85.7 cm³/mol. The zero-order valence-corrected chi connectivity index (χ0v) is 13.7. The summed E-state index contributed by atoms with van der Waals surface area (Å²) in [5.74, 6) is -1.22. The van der Waals surface area contributed by atoms with Crippen molar-refractivity contribution in [3.05, 3.63) is 34.3 Å². The molecule has 1 spiro atoms. The van der Waals surface area contributed by atoms with Gasteiger partial charge in [0.05, 0.1) is 11.5 Å². The molecule has 1 aromatic rings. The van der Waals surface area contributed by atoms with E-state index in [2.05, 4.69) is 5.32 Å². The van der Waals surface area contributed by atoms with Crippen LogP contribution >= 0.6 is 11.6 Å². The molecule has 3 rings (SSSR count). The highest BCUT2D eigenvalue weighted by Gasteiger charge is 2.51. The number of nitrogens with one attached hydrogen (secondary N) is 1. The lowest BCUT2D eigenvalue weighted by molar-refractivity contribution is -0.181. The van der Waals surface area contributed by atoms with E-state index in [1.54, 1.807) is 12.1 Å². The number of aryl methyl sites for hydroxylation is 1. The summed E-state index contributed by atoms with van der Waals surface area (Å²) in [5, 5.41) is 12.6. The summed E-state index contributed by atoms with van der Waals surface area (Å²) in [6, 6.07) is 5.26. The molecule has 1 aromatic carbocycles. The van der Waals surface area contributed by atoms with Gasteiger partial charge in [-0.15, -0.1) is 0 Å². The largest absolute Gasteiger partial charge is 0.481 e. The highest BCUT2D eigenvalue weighted by Crippen LogP contribution is 2.46. The second-order valence-corrected chi connectivity index (χ2v) is 7.03. The van der Waals surface area contributed by atoms with Crippen molar-refractivity contribution in [3.63, 3.8) is 0 Å². The standard InChI is InChI=1S/C17H20ClNO4/c1-10-2-3-12(18)6-14(10)15(20)19-13-4-5-23-17(9-13)7-11(8-17)16(21)22/h2-3,6,11,13H,4-5,7-9H2,1H3,(H,19,20)(H,21,22). The molecule has 1 aliphatic heterocycles. The Kier molecular flexibility index (Phi) is 4.34. The first-order chi connectivity index (χ1) is 10.9. The Balaban J connectivity index is 1.63. The van der Waals surface area contributed by atoms with E-state index >= 15 is 0 Å². The Labute approximate surface area is 140 Å². The van der Waals surface area contributed by atoms with Gasteiger partial charge in [-0.05, 0) is 50.3 Å². The second kappa shape index (κ2) is 6.13. The molecule has 6 heteroatoms. The van der Waals surface area contributed by atoms with Gasteiger partial charge in [0.2, 0.25) is 0 Å². The Morgan fingerprint density at radius 1 is 1.35 bits per heavy atom. The van der Waals surface area contributed by atoms with Crippen molar-refractivity contribution in [2.75, 3.05) is 6.61 Å². The van der Waals surface area contributed by atoms with Crippen LogP contribution in [-0.2, 0) is 9.53 Å². The summed E-state index contributed by atoms with van der Waals surface area (Å²) in [6.45, 7) is 2.42. The van der Waals surface area contributed by atoms with Gasteiger partial charge in [0.25, 0.3) is 5.91 Å². The molecule has 1 unspecified atom stereocenters. The molecule has 0 aromatic heterocycles. The molecule has 5 nitrogen and oxygen atoms in total. The molecule has 1 saturated carbocycles. The Morgan fingerprint density at radius 2 is 2.09 bits per heavy atom. The number of amides is 1. The van der Waals surface area contributed by atoms with Crippen LogP contribution in [0.3, 0.4) is 0 Å². The molecule has 1 atom stereocenters. The van der Waals surface area contributed by atoms with Crippen LogP contribution < -0.4 is 5.32 Å². The minimum atomic E-state index is -0.764. The van der Waals surface area contributed by atoms with Crippen molar-refractivity contribution in [2.24, 2.45) is 5.92 Å². The average molecular weight is 338 g/mol. The highest BCUT2D eigenvalue weighted by atomic mass is 35.5. The molecule has 23 heavy (non-hydrogen) atoms. The molecule has 0 bridgehead atoms. The fourth-order valence-corrected chi connectivity index (χ4v) is 3.72. The quantitative estimate of drug-likeness (QED) is 0.889. The summed E-state index contributed by atoms with van der Waals surface area (Å²) >= 11 is 5.97. The maximum Gasteiger partial charge on any atom is 0.306 e. The number of carbonyl (C=O) groups excluding carboxylic acids is 1. The van der Waals surface area contributed by atoms with E-state index in [1.807, 2.05) is 13.0 Å². The van der Waals surface area contributed by atoms with Gasteiger partial charge in [0, 0.05) is 23.2 Å². The van der Waals surface area contributed by atoms with Crippen molar-refractivity contribution in [1.29, 1.82) is 0 Å². The van der Waals surface area contributed by atoms with Crippen LogP contribution in [0.15, 0.2) is 18.2 Å². The van der Waals surface area contributed by atoms with Crippen molar-refractivity contribution < 1.29 is 19.4 Å². The summed E-state index contributed by atoms with van der Waals surface area (Å²) in [6.07, 6.45) is 2.47. The van der Waals surface area contributed by atoms with Crippen molar-refractivity contribution in [3.8, 4) is 0 Å². The molecular formula is C17H20ClNO4. The number of halogens is 1. The van der Waals surface area contributed by atoms with E-state index in [9.17, 15) is 9.59 Å². The lowest BCUT2D eigenvalue weighted by atomic mass is 9.66. The molecule has 1 heterocycles. The van der Waals surface area contributed by atoms with E-state index in [1.165, 1.54) is 0 Å². The van der Waals surface area contributed by atoms with Gasteiger partial charge in [0.1, 0.15) is 0 Å². The molecule has 1 amide bonds. The number of aliphatic carboxylic acids is 1. The van der Waals surface area contributed by atoms with Crippen molar-refractivity contribution in [2.45, 2.75) is 44.2 Å². The van der Waals surface area contributed by atoms with Crippen LogP contribution in [0.2, 0.25) is 5.02 Å². The number of carbonyl (C=O) groups is 2. The van der Waals surface area contributed by atoms with Crippen molar-refractivity contribution >= 4 is 23.5 Å². The molecule has 2 N–H and O–H groups in total. The van der Waals surface area contributed by atoms with Crippen LogP contribution in [0, 0.1) is 12.8 Å². The van der Waals surface area contributed by atoms with Gasteiger partial charge in [-0.1, -0.05) is 17.7 Å². The van der Waals surface area contributed by atoms with E-state index in [-0.39, 0.29) is 23.5 Å². The van der Waals surface area contributed by atoms with E-state index in [4.69, 9.17) is 21.4 Å². The topological polar surface area (TPSA) is 75.6 Å². The number of carboxylic acids is 1. The lowest BCUT2D eigenvalue weighted by Crippen LogP contribution is -2.56. The predicted octanol–water partition coefficient (Wildman–Crippen LogP) is 2.79. The molecule has 1 saturated heterocycles. The normalized spacial score (nSPS) is 29.8. The third-order valence-corrected chi connectivity index (χ3v) is 5.09. The van der Waals surface area contributed by atoms with Crippen LogP contribution in [0.4, 0.5) is 0 Å². The lowest BCUT2D eigenvalue weighted by Gasteiger charge is -2.50. The highest BCUT2D eigenvalue weighted by molar-refractivity contribution is 6.31. The van der Waals surface area contributed by atoms with Crippen LogP contribution in [0.25, 0.3) is 0 Å². The number of hydrogen-bond acceptors (Lipinski definition) is 3. The van der Waals surface area contributed by atoms with Gasteiger partial charge in [-0.3, -0.25) is 9.59 Å². The summed E-state index contributed by atoms with van der Waals surface area (Å²) in [7, 11) is 0. The van der Waals surface area contributed by atoms with E-state index in [0.29, 0.717) is 36.5 Å². The fourth-order valence-electron chi connectivity index (χ4n) is 3.55. The Morgan fingerprint density at radius 3 is 2.78 bits per heavy atom. The van der Waals surface area contributed by atoms with Gasteiger partial charge in [0.15, 0.2) is 0 Å². The van der Waals surface area contributed by atoms with Crippen molar-refractivity contribution in [1.82, 2.24) is 5.32 Å². The molecule has 124 valence electrons. The Bertz CT molecular complexity index is 639. The van der Waals surface area contributed by atoms with E-state index < -0.39 is 5.97 Å².